The van der Waals surface area contributed by atoms with Gasteiger partial charge in [0.25, 0.3) is 0 Å². The van der Waals surface area contributed by atoms with Gasteiger partial charge in [0.05, 0.1) is 0 Å². The van der Waals surface area contributed by atoms with Gasteiger partial charge in [-0.2, -0.15) is 0 Å². The topological polar surface area (TPSA) is 54.4 Å². The van der Waals surface area contributed by atoms with Crippen LogP contribution in [0.1, 0.15) is 0 Å². The van der Waals surface area contributed by atoms with Gasteiger partial charge in [-0.25, -0.2) is 0 Å². The van der Waals surface area contributed by atoms with E-state index in [0.717, 1.165) is 12.2 Å². The van der Waals surface area contributed by atoms with Gasteiger partial charge >= 0.3 is 0 Å². The van der Waals surface area contributed by atoms with Crippen molar-refractivity contribution >= 4 is 23.2 Å². The molecule has 4 heteroatoms. The van der Waals surface area contributed by atoms with E-state index in [1.54, 1.807) is 0 Å². The molecular formula is C6H3ClO3. The van der Waals surface area contributed by atoms with Crippen LogP contribution in [0.4, 0.5) is 0 Å². The van der Waals surface area contributed by atoms with Crippen LogP contribution in [0.2, 0.25) is 0 Å². The lowest BCUT2D eigenvalue weighted by Gasteiger charge is -2.01. The molecule has 0 aromatic rings. The minimum atomic E-state index is -0.672. The zero-order valence-electron chi connectivity index (χ0n) is 4.80. The van der Waals surface area contributed by atoms with Gasteiger partial charge in [0.1, 0.15) is 5.03 Å². The van der Waals surface area contributed by atoms with Crippen molar-refractivity contribution in [2.24, 2.45) is 0 Å². The number of allylic oxidation sites excluding steroid dienone is 3. The number of rotatable bonds is 0. The van der Waals surface area contributed by atoms with Gasteiger partial charge < -0.3 is 5.11 Å². The maximum absolute atomic E-state index is 10.6. The Balaban J connectivity index is 3.12. The molecule has 0 saturated carbocycles. The van der Waals surface area contributed by atoms with E-state index in [2.05, 4.69) is 0 Å². The van der Waals surface area contributed by atoms with Crippen molar-refractivity contribution in [3.63, 3.8) is 0 Å². The van der Waals surface area contributed by atoms with E-state index in [1.807, 2.05) is 0 Å². The predicted molar refractivity (Wildman–Crippen MR) is 34.7 cm³/mol. The number of halogens is 1. The van der Waals surface area contributed by atoms with E-state index in [4.69, 9.17) is 16.7 Å². The highest BCUT2D eigenvalue weighted by Crippen LogP contribution is 2.14. The van der Waals surface area contributed by atoms with Crippen molar-refractivity contribution in [2.45, 2.75) is 0 Å². The maximum atomic E-state index is 10.6. The molecule has 1 aliphatic carbocycles. The van der Waals surface area contributed by atoms with Crippen molar-refractivity contribution in [3.8, 4) is 0 Å². The lowest BCUT2D eigenvalue weighted by atomic mass is 10.1. The summed E-state index contributed by atoms with van der Waals surface area (Å²) in [6.45, 7) is 0. The van der Waals surface area contributed by atoms with Crippen molar-refractivity contribution in [1.82, 2.24) is 0 Å². The van der Waals surface area contributed by atoms with E-state index < -0.39 is 22.4 Å². The fourth-order valence-corrected chi connectivity index (χ4v) is 0.684. The molecule has 3 nitrogen and oxygen atoms in total. The Hall–Kier alpha value is -1.09. The summed E-state index contributed by atoms with van der Waals surface area (Å²) in [4.78, 5) is 21.1. The summed E-state index contributed by atoms with van der Waals surface area (Å²) in [6.07, 6.45) is 1.99. The van der Waals surface area contributed by atoms with Gasteiger partial charge in [0, 0.05) is 0 Å². The first-order chi connectivity index (χ1) is 4.63. The second-order valence-corrected chi connectivity index (χ2v) is 2.10. The summed E-state index contributed by atoms with van der Waals surface area (Å²) in [5.41, 5.74) is 0. The van der Waals surface area contributed by atoms with Crippen LogP contribution in [0.5, 0.6) is 0 Å². The minimum absolute atomic E-state index is 0.410. The Morgan fingerprint density at radius 3 is 2.20 bits per heavy atom. The smallest absolute Gasteiger partial charge is 0.221 e. The Kier molecular flexibility index (Phi) is 1.59. The number of aliphatic hydroxyl groups is 1. The summed E-state index contributed by atoms with van der Waals surface area (Å²) in [5, 5.41) is 8.33. The zero-order chi connectivity index (χ0) is 7.72. The lowest BCUT2D eigenvalue weighted by Crippen LogP contribution is -2.10. The molecule has 0 aromatic carbocycles. The number of carbonyl (C=O) groups is 2. The molecule has 0 unspecified atom stereocenters. The lowest BCUT2D eigenvalue weighted by molar-refractivity contribution is -0.116. The van der Waals surface area contributed by atoms with Crippen LogP contribution in [0, 0.1) is 0 Å². The van der Waals surface area contributed by atoms with E-state index in [-0.39, 0.29) is 0 Å². The van der Waals surface area contributed by atoms with Crippen molar-refractivity contribution in [3.05, 3.63) is 22.9 Å². The van der Waals surface area contributed by atoms with E-state index in [1.165, 1.54) is 0 Å². The van der Waals surface area contributed by atoms with Crippen LogP contribution in [0.25, 0.3) is 0 Å². The highest BCUT2D eigenvalue weighted by Gasteiger charge is 2.19. The molecule has 0 amide bonds. The first kappa shape index (κ1) is 7.02. The Morgan fingerprint density at radius 2 is 1.70 bits per heavy atom. The molecule has 0 aromatic heterocycles. The number of hydrogen-bond donors (Lipinski definition) is 1. The summed E-state index contributed by atoms with van der Waals surface area (Å²) in [6, 6.07) is 0. The van der Waals surface area contributed by atoms with Crippen LogP contribution < -0.4 is 0 Å². The summed E-state index contributed by atoms with van der Waals surface area (Å²) >= 11 is 5.22. The average Bonchev–Trinajstić information content (AvgIpc) is 1.93. The number of ketones is 2. The van der Waals surface area contributed by atoms with Crippen molar-refractivity contribution in [1.29, 1.82) is 0 Å². The fourth-order valence-electron chi connectivity index (χ4n) is 0.528. The normalized spacial score (nSPS) is 18.5. The first-order valence-electron chi connectivity index (χ1n) is 2.48. The Morgan fingerprint density at radius 1 is 1.20 bits per heavy atom. The molecule has 0 aliphatic heterocycles. The molecular weight excluding hydrogens is 156 g/mol. The monoisotopic (exact) mass is 158 g/mol. The summed E-state index contributed by atoms with van der Waals surface area (Å²) in [5.74, 6) is -1.85. The second kappa shape index (κ2) is 2.27. The third-order valence-corrected chi connectivity index (χ3v) is 1.41. The predicted octanol–water partition coefficient (Wildman–Crippen LogP) is 0.703. The summed E-state index contributed by atoms with van der Waals surface area (Å²) < 4.78 is 0. The van der Waals surface area contributed by atoms with Crippen molar-refractivity contribution < 1.29 is 14.7 Å². The second-order valence-electron chi connectivity index (χ2n) is 1.72. The molecule has 0 saturated heterocycles. The molecule has 52 valence electrons. The van der Waals surface area contributed by atoms with Crippen LogP contribution in [0.3, 0.4) is 0 Å². The SMILES string of the molecule is O=C1C=CC(=O)C(Cl)=C1O. The maximum Gasteiger partial charge on any atom is 0.221 e. The number of aliphatic hydroxyl groups excluding tert-OH is 1. The largest absolute Gasteiger partial charge is 0.503 e. The summed E-state index contributed by atoms with van der Waals surface area (Å²) in [7, 11) is 0. The molecule has 0 atom stereocenters. The molecule has 0 bridgehead atoms. The molecule has 0 spiro atoms. The average molecular weight is 159 g/mol. The molecule has 1 aliphatic rings. The molecule has 1 rings (SSSR count). The van der Waals surface area contributed by atoms with Gasteiger partial charge in [-0.15, -0.1) is 0 Å². The Bertz CT molecular complexity index is 236. The fraction of sp³-hybridized carbons (Fsp3) is 0. The van der Waals surface area contributed by atoms with Crippen LogP contribution in [-0.4, -0.2) is 16.7 Å². The van der Waals surface area contributed by atoms with Crippen LogP contribution in [0.15, 0.2) is 22.9 Å². The van der Waals surface area contributed by atoms with Gasteiger partial charge in [0.2, 0.25) is 11.6 Å². The number of carbonyl (C=O) groups excluding carboxylic acids is 2. The van der Waals surface area contributed by atoms with Gasteiger partial charge in [-0.05, 0) is 12.2 Å². The standard InChI is InChI=1S/C6H3ClO3/c7-5-3(8)1-2-4(9)6(5)10/h1-2,10H. The molecule has 0 fully saturated rings. The third-order valence-electron chi connectivity index (χ3n) is 1.04. The van der Waals surface area contributed by atoms with Gasteiger partial charge in [0.15, 0.2) is 5.76 Å². The highest BCUT2D eigenvalue weighted by atomic mass is 35.5. The minimum Gasteiger partial charge on any atom is -0.503 e. The number of hydrogen-bond acceptors (Lipinski definition) is 3. The molecule has 0 heterocycles. The Labute approximate surface area is 61.6 Å². The quantitative estimate of drug-likeness (QED) is 0.528. The molecule has 1 N–H and O–H groups in total. The van der Waals surface area contributed by atoms with E-state index in [0.29, 0.717) is 0 Å². The first-order valence-corrected chi connectivity index (χ1v) is 2.86. The zero-order valence-corrected chi connectivity index (χ0v) is 5.55. The van der Waals surface area contributed by atoms with Gasteiger partial charge in [-0.3, -0.25) is 9.59 Å². The van der Waals surface area contributed by atoms with E-state index in [9.17, 15) is 9.59 Å². The van der Waals surface area contributed by atoms with Crippen molar-refractivity contribution in [2.75, 3.05) is 0 Å². The van der Waals surface area contributed by atoms with E-state index >= 15 is 0 Å². The third kappa shape index (κ3) is 0.953. The highest BCUT2D eigenvalue weighted by molar-refractivity contribution is 6.47. The van der Waals surface area contributed by atoms with Crippen LogP contribution in [-0.2, 0) is 9.59 Å². The van der Waals surface area contributed by atoms with Gasteiger partial charge in [-0.1, -0.05) is 11.6 Å². The molecule has 0 radical (unpaired) electrons. The molecule has 10 heavy (non-hydrogen) atoms. The van der Waals surface area contributed by atoms with Crippen LogP contribution >= 0.6 is 11.6 Å².